The summed E-state index contributed by atoms with van der Waals surface area (Å²) in [6.07, 6.45) is 0.321. The third-order valence-electron chi connectivity index (χ3n) is 4.01. The average Bonchev–Trinajstić information content (AvgIpc) is 3.02. The van der Waals surface area contributed by atoms with Gasteiger partial charge >= 0.3 is 6.03 Å². The van der Waals surface area contributed by atoms with E-state index in [1.54, 1.807) is 45.4 Å². The van der Waals surface area contributed by atoms with Crippen LogP contribution in [0.5, 0.6) is 0 Å². The summed E-state index contributed by atoms with van der Waals surface area (Å²) < 4.78 is 0. The topological polar surface area (TPSA) is 65.5 Å². The summed E-state index contributed by atoms with van der Waals surface area (Å²) in [6.45, 7) is 4.03. The molecule has 0 bridgehead atoms. The number of urea groups is 1. The van der Waals surface area contributed by atoms with Crippen LogP contribution in [0.2, 0.25) is 5.02 Å². The Hall–Kier alpha value is -2.12. The number of thiazole rings is 1. The van der Waals surface area contributed by atoms with E-state index in [4.69, 9.17) is 11.6 Å². The van der Waals surface area contributed by atoms with Gasteiger partial charge < -0.3 is 15.1 Å². The first kappa shape index (κ1) is 17.7. The predicted octanol–water partition coefficient (Wildman–Crippen LogP) is 3.02. The van der Waals surface area contributed by atoms with E-state index in [-0.39, 0.29) is 11.9 Å². The number of aromatic nitrogens is 1. The first-order chi connectivity index (χ1) is 12.0. The summed E-state index contributed by atoms with van der Waals surface area (Å²) in [5.41, 5.74) is 1.52. The zero-order valence-corrected chi connectivity index (χ0v) is 15.4. The fraction of sp³-hybridized carbons (Fsp3) is 0.353. The molecule has 3 rings (SSSR count). The van der Waals surface area contributed by atoms with Crippen LogP contribution in [0.4, 0.5) is 10.5 Å². The largest absolute Gasteiger partial charge is 0.339 e. The number of anilines is 1. The van der Waals surface area contributed by atoms with Gasteiger partial charge in [0.15, 0.2) is 0 Å². The van der Waals surface area contributed by atoms with E-state index in [2.05, 4.69) is 10.3 Å². The van der Waals surface area contributed by atoms with E-state index in [1.807, 2.05) is 12.3 Å². The number of nitrogens with zero attached hydrogens (tertiary/aromatic N) is 3. The van der Waals surface area contributed by atoms with Crippen molar-refractivity contribution in [2.75, 3.05) is 31.5 Å². The van der Waals surface area contributed by atoms with Crippen LogP contribution in [0.3, 0.4) is 0 Å². The predicted molar refractivity (Wildman–Crippen MR) is 99.2 cm³/mol. The number of halogens is 1. The molecule has 0 aliphatic carbocycles. The molecule has 25 heavy (non-hydrogen) atoms. The molecule has 1 aromatic heterocycles. The van der Waals surface area contributed by atoms with Gasteiger partial charge in [0, 0.05) is 42.3 Å². The van der Waals surface area contributed by atoms with E-state index >= 15 is 0 Å². The highest BCUT2D eigenvalue weighted by atomic mass is 35.5. The van der Waals surface area contributed by atoms with Crippen LogP contribution in [0, 0.1) is 6.92 Å². The zero-order chi connectivity index (χ0) is 17.8. The molecule has 0 atom stereocenters. The van der Waals surface area contributed by atoms with Gasteiger partial charge in [-0.05, 0) is 31.2 Å². The molecule has 1 aliphatic heterocycles. The van der Waals surface area contributed by atoms with Crippen LogP contribution in [0.25, 0.3) is 0 Å². The average molecular weight is 379 g/mol. The molecule has 1 aromatic carbocycles. The number of carbonyl (C=O) groups excluding carboxylic acids is 2. The molecule has 0 radical (unpaired) electrons. The van der Waals surface area contributed by atoms with E-state index in [0.29, 0.717) is 43.3 Å². The maximum absolute atomic E-state index is 12.3. The van der Waals surface area contributed by atoms with Crippen LogP contribution in [-0.4, -0.2) is 52.9 Å². The maximum atomic E-state index is 12.3. The highest BCUT2D eigenvalue weighted by Gasteiger charge is 2.24. The molecule has 1 N–H and O–H groups in total. The summed E-state index contributed by atoms with van der Waals surface area (Å²) in [4.78, 5) is 32.5. The molecule has 3 amide bonds. The smallest absolute Gasteiger partial charge is 0.321 e. The van der Waals surface area contributed by atoms with Crippen molar-refractivity contribution in [1.29, 1.82) is 0 Å². The van der Waals surface area contributed by atoms with Crippen molar-refractivity contribution in [3.05, 3.63) is 45.4 Å². The number of aryl methyl sites for hydroxylation is 1. The molecular formula is C17H19ClN4O2S. The number of carbonyl (C=O) groups is 2. The number of hydrogen-bond acceptors (Lipinski definition) is 4. The maximum Gasteiger partial charge on any atom is 0.321 e. The summed E-state index contributed by atoms with van der Waals surface area (Å²) in [5.74, 6) is 0.0584. The third kappa shape index (κ3) is 4.70. The summed E-state index contributed by atoms with van der Waals surface area (Å²) >= 11 is 7.39. The molecule has 0 spiro atoms. The first-order valence-electron chi connectivity index (χ1n) is 8.01. The van der Waals surface area contributed by atoms with Crippen LogP contribution < -0.4 is 5.32 Å². The second-order valence-corrected chi connectivity index (χ2v) is 7.34. The van der Waals surface area contributed by atoms with Crippen LogP contribution in [0.1, 0.15) is 10.7 Å². The number of amides is 3. The highest BCUT2D eigenvalue weighted by Crippen LogP contribution is 2.15. The van der Waals surface area contributed by atoms with Gasteiger partial charge in [0.25, 0.3) is 0 Å². The number of nitrogens with one attached hydrogen (secondary N) is 1. The molecule has 2 heterocycles. The molecule has 6 nitrogen and oxygen atoms in total. The quantitative estimate of drug-likeness (QED) is 0.892. The number of rotatable bonds is 3. The van der Waals surface area contributed by atoms with Crippen LogP contribution in [0.15, 0.2) is 29.6 Å². The fourth-order valence-corrected chi connectivity index (χ4v) is 3.39. The third-order valence-corrected chi connectivity index (χ3v) is 5.09. The number of hydrogen-bond donors (Lipinski definition) is 1. The monoisotopic (exact) mass is 378 g/mol. The SMILES string of the molecule is Cc1nc(CC(=O)N2CCN(C(=O)Nc3ccc(Cl)cc3)CC2)cs1. The molecule has 1 fully saturated rings. The lowest BCUT2D eigenvalue weighted by molar-refractivity contribution is -0.131. The van der Waals surface area contributed by atoms with Gasteiger partial charge in [-0.25, -0.2) is 9.78 Å². The van der Waals surface area contributed by atoms with E-state index in [1.165, 1.54) is 0 Å². The van der Waals surface area contributed by atoms with Gasteiger partial charge in [-0.2, -0.15) is 0 Å². The van der Waals surface area contributed by atoms with Crippen molar-refractivity contribution in [3.8, 4) is 0 Å². The molecule has 8 heteroatoms. The second kappa shape index (κ2) is 7.84. The van der Waals surface area contributed by atoms with Gasteiger partial charge in [-0.3, -0.25) is 4.79 Å². The molecule has 0 saturated carbocycles. The molecule has 1 saturated heterocycles. The molecule has 2 aromatic rings. The normalized spacial score (nSPS) is 14.5. The van der Waals surface area contributed by atoms with Crippen LogP contribution in [-0.2, 0) is 11.2 Å². The van der Waals surface area contributed by atoms with Crippen molar-refractivity contribution in [1.82, 2.24) is 14.8 Å². The van der Waals surface area contributed by atoms with E-state index in [0.717, 1.165) is 10.7 Å². The van der Waals surface area contributed by atoms with Crippen molar-refractivity contribution >= 4 is 40.6 Å². The lowest BCUT2D eigenvalue weighted by atomic mass is 10.2. The molecule has 132 valence electrons. The lowest BCUT2D eigenvalue weighted by Gasteiger charge is -2.34. The Kier molecular flexibility index (Phi) is 5.55. The second-order valence-electron chi connectivity index (χ2n) is 5.84. The van der Waals surface area contributed by atoms with E-state index in [9.17, 15) is 9.59 Å². The van der Waals surface area contributed by atoms with Crippen molar-refractivity contribution < 1.29 is 9.59 Å². The van der Waals surface area contributed by atoms with Gasteiger partial charge in [-0.1, -0.05) is 11.6 Å². The minimum Gasteiger partial charge on any atom is -0.339 e. The van der Waals surface area contributed by atoms with Gasteiger partial charge in [-0.15, -0.1) is 11.3 Å². The van der Waals surface area contributed by atoms with Crippen molar-refractivity contribution in [2.24, 2.45) is 0 Å². The minimum absolute atomic E-state index is 0.0584. The van der Waals surface area contributed by atoms with Crippen LogP contribution >= 0.6 is 22.9 Å². The molecular weight excluding hydrogens is 360 g/mol. The Bertz CT molecular complexity index is 754. The fourth-order valence-electron chi connectivity index (χ4n) is 2.65. The Morgan fingerprint density at radius 3 is 2.40 bits per heavy atom. The van der Waals surface area contributed by atoms with Gasteiger partial charge in [0.05, 0.1) is 17.1 Å². The van der Waals surface area contributed by atoms with Gasteiger partial charge in [0.1, 0.15) is 0 Å². The van der Waals surface area contributed by atoms with Crippen molar-refractivity contribution in [2.45, 2.75) is 13.3 Å². The van der Waals surface area contributed by atoms with Crippen molar-refractivity contribution in [3.63, 3.8) is 0 Å². The van der Waals surface area contributed by atoms with E-state index < -0.39 is 0 Å². The standard InChI is InChI=1S/C17H19ClN4O2S/c1-12-19-15(11-25-12)10-16(23)21-6-8-22(9-7-21)17(24)20-14-4-2-13(18)3-5-14/h2-5,11H,6-10H2,1H3,(H,20,24). The molecule has 0 unspecified atom stereocenters. The van der Waals surface area contributed by atoms with Gasteiger partial charge in [0.2, 0.25) is 5.91 Å². The Morgan fingerprint density at radius 1 is 1.16 bits per heavy atom. The lowest BCUT2D eigenvalue weighted by Crippen LogP contribution is -2.52. The highest BCUT2D eigenvalue weighted by molar-refractivity contribution is 7.09. The Morgan fingerprint density at radius 2 is 1.80 bits per heavy atom. The Labute approximate surface area is 155 Å². The first-order valence-corrected chi connectivity index (χ1v) is 9.27. The summed E-state index contributed by atoms with van der Waals surface area (Å²) in [6, 6.07) is 6.82. The Balaban J connectivity index is 1.48. The number of piperazine rings is 1. The zero-order valence-electron chi connectivity index (χ0n) is 13.9. The number of benzene rings is 1. The molecule has 1 aliphatic rings. The summed E-state index contributed by atoms with van der Waals surface area (Å²) in [5, 5.41) is 6.35. The minimum atomic E-state index is -0.162. The summed E-state index contributed by atoms with van der Waals surface area (Å²) in [7, 11) is 0.